The average Bonchev–Trinajstić information content (AvgIpc) is 3.50. The van der Waals surface area contributed by atoms with Crippen LogP contribution in [0.2, 0.25) is 0 Å². The zero-order valence-corrected chi connectivity index (χ0v) is 25.3. The van der Waals surface area contributed by atoms with Gasteiger partial charge in [0.05, 0.1) is 24.8 Å². The van der Waals surface area contributed by atoms with E-state index in [4.69, 9.17) is 24.5 Å². The number of nitrogens with one attached hydrogen (secondary N) is 1. The topological polar surface area (TPSA) is 157 Å². The predicted octanol–water partition coefficient (Wildman–Crippen LogP) is 2.34. The van der Waals surface area contributed by atoms with Crippen LogP contribution in [0.4, 0.5) is 0 Å². The van der Waals surface area contributed by atoms with Gasteiger partial charge < -0.3 is 29.8 Å². The highest BCUT2D eigenvalue weighted by atomic mass is 16.7. The van der Waals surface area contributed by atoms with Crippen molar-refractivity contribution < 1.29 is 33.2 Å². The van der Waals surface area contributed by atoms with Gasteiger partial charge in [0.1, 0.15) is 29.8 Å². The van der Waals surface area contributed by atoms with Gasteiger partial charge in [-0.15, -0.1) is 5.10 Å². The maximum atomic E-state index is 13.3. The lowest BCUT2D eigenvalue weighted by molar-refractivity contribution is -0.199. The van der Waals surface area contributed by atoms with E-state index in [1.54, 1.807) is 32.9 Å². The predicted molar refractivity (Wildman–Crippen MR) is 152 cm³/mol. The van der Waals surface area contributed by atoms with Crippen molar-refractivity contribution in [1.82, 2.24) is 20.1 Å². The van der Waals surface area contributed by atoms with E-state index < -0.39 is 36.1 Å². The van der Waals surface area contributed by atoms with Crippen molar-refractivity contribution in [3.05, 3.63) is 41.5 Å². The first-order chi connectivity index (χ1) is 19.6. The number of amides is 2. The molecule has 6 rings (SSSR count). The number of benzene rings is 1. The summed E-state index contributed by atoms with van der Waals surface area (Å²) in [6, 6.07) is 5.25. The maximum absolute atomic E-state index is 13.3. The van der Waals surface area contributed by atoms with Crippen LogP contribution in [0.1, 0.15) is 80.9 Å². The quantitative estimate of drug-likeness (QED) is 0.335. The molecule has 1 aromatic heterocycles. The van der Waals surface area contributed by atoms with Gasteiger partial charge in [0.15, 0.2) is 0 Å². The monoisotopic (exact) mass is 581 g/mol. The van der Waals surface area contributed by atoms with Crippen LogP contribution in [0.5, 0.6) is 5.75 Å². The van der Waals surface area contributed by atoms with Crippen LogP contribution >= 0.6 is 0 Å². The van der Waals surface area contributed by atoms with Crippen LogP contribution in [-0.2, 0) is 31.8 Å². The van der Waals surface area contributed by atoms with Gasteiger partial charge in [-0.2, -0.15) is 0 Å². The first-order valence-electron chi connectivity index (χ1n) is 14.3. The first kappa shape index (κ1) is 30.0. The fraction of sp³-hybridized carbons (Fsp3) is 0.621. The summed E-state index contributed by atoms with van der Waals surface area (Å²) in [7, 11) is 0.750. The number of ether oxygens (including phenoxy) is 2. The summed E-state index contributed by atoms with van der Waals surface area (Å²) in [4.78, 5) is 41.5. The molecule has 1 aromatic carbocycles. The second-order valence-corrected chi connectivity index (χ2v) is 13.3. The van der Waals surface area contributed by atoms with Crippen molar-refractivity contribution in [3.8, 4) is 5.75 Å². The third-order valence-corrected chi connectivity index (χ3v) is 9.07. The largest absolute Gasteiger partial charge is 0.496 e. The summed E-state index contributed by atoms with van der Waals surface area (Å²) in [5, 5.41) is 7.01. The zero-order valence-electron chi connectivity index (χ0n) is 25.3. The number of hydrogen-bond acceptors (Lipinski definition) is 9. The smallest absolute Gasteiger partial charge is 0.482 e. The number of carbonyl (C=O) groups excluding carboxylic acids is 3. The van der Waals surface area contributed by atoms with Crippen molar-refractivity contribution in [2.75, 3.05) is 7.11 Å². The molecule has 2 bridgehead atoms. The molecule has 42 heavy (non-hydrogen) atoms. The van der Waals surface area contributed by atoms with E-state index in [0.29, 0.717) is 23.1 Å². The fourth-order valence-electron chi connectivity index (χ4n) is 6.89. The number of aromatic nitrogens is 3. The van der Waals surface area contributed by atoms with E-state index in [1.165, 1.54) is 18.1 Å². The molecule has 0 spiro atoms. The molecule has 3 saturated carbocycles. The fourth-order valence-corrected chi connectivity index (χ4v) is 6.89. The second-order valence-electron chi connectivity index (χ2n) is 13.3. The summed E-state index contributed by atoms with van der Waals surface area (Å²) < 4.78 is 25.8. The molecule has 0 unspecified atom stereocenters. The van der Waals surface area contributed by atoms with E-state index in [9.17, 15) is 14.4 Å². The Kier molecular flexibility index (Phi) is 7.63. The number of nitrogens with zero attached hydrogens (tertiary/aromatic N) is 3. The van der Waals surface area contributed by atoms with Crippen LogP contribution in [0.3, 0.4) is 0 Å². The highest BCUT2D eigenvalue weighted by molar-refractivity contribution is 6.48. The van der Waals surface area contributed by atoms with E-state index >= 15 is 0 Å². The molecular weight excluding hydrogens is 541 g/mol. The Balaban J connectivity index is 1.42. The Hall–Kier alpha value is -3.45. The van der Waals surface area contributed by atoms with Gasteiger partial charge in [0.2, 0.25) is 11.7 Å². The Bertz CT molecular complexity index is 1390. The van der Waals surface area contributed by atoms with Crippen LogP contribution in [0.15, 0.2) is 24.5 Å². The number of para-hydroxylation sites is 1. The van der Waals surface area contributed by atoms with Crippen LogP contribution in [0, 0.1) is 17.3 Å². The van der Waals surface area contributed by atoms with E-state index in [1.807, 2.05) is 6.07 Å². The van der Waals surface area contributed by atoms with Crippen LogP contribution < -0.4 is 15.8 Å². The molecule has 0 radical (unpaired) electrons. The van der Waals surface area contributed by atoms with Gasteiger partial charge in [-0.3, -0.25) is 9.59 Å². The number of rotatable bonds is 9. The Morgan fingerprint density at radius 2 is 1.98 bits per heavy atom. The third-order valence-electron chi connectivity index (χ3n) is 9.07. The van der Waals surface area contributed by atoms with Gasteiger partial charge in [-0.05, 0) is 75.8 Å². The summed E-state index contributed by atoms with van der Waals surface area (Å²) in [6.45, 7) is 11.9. The van der Waals surface area contributed by atoms with Crippen molar-refractivity contribution in [2.45, 2.75) is 90.6 Å². The Morgan fingerprint density at radius 1 is 1.24 bits per heavy atom. The normalized spacial score (nSPS) is 26.5. The highest BCUT2D eigenvalue weighted by Gasteiger charge is 2.68. The minimum absolute atomic E-state index is 0.0953. The first-order valence-corrected chi connectivity index (χ1v) is 14.3. The molecule has 2 aromatic rings. The molecule has 5 atom stereocenters. The summed E-state index contributed by atoms with van der Waals surface area (Å²) in [5.41, 5.74) is 5.19. The van der Waals surface area contributed by atoms with Crippen LogP contribution in [0.25, 0.3) is 0 Å². The molecule has 3 N–H and O–H groups in total. The SMILES string of the molecule is COc1c(C[C@H](NC(=O)Cn2cnc(C(N)=O)n2)B2O[C@@H]3C[C@@H]4C[C@@H](C4(C)C)[C@]3(C)O2)cccc1C(=O)OC(C)(C)C. The Labute approximate surface area is 246 Å². The lowest BCUT2D eigenvalue weighted by Gasteiger charge is -2.64. The molecule has 1 saturated heterocycles. The number of nitrogens with two attached hydrogens (primary N) is 1. The maximum Gasteiger partial charge on any atom is 0.482 e. The number of methoxy groups -OCH3 is 1. The Morgan fingerprint density at radius 3 is 2.60 bits per heavy atom. The molecule has 1 aliphatic heterocycles. The van der Waals surface area contributed by atoms with Gasteiger partial charge in [-0.1, -0.05) is 26.0 Å². The van der Waals surface area contributed by atoms with Gasteiger partial charge in [-0.25, -0.2) is 14.5 Å². The number of primary amides is 1. The number of hydrogen-bond donors (Lipinski definition) is 2. The molecule has 2 heterocycles. The minimum Gasteiger partial charge on any atom is -0.496 e. The van der Waals surface area contributed by atoms with Crippen molar-refractivity contribution in [1.29, 1.82) is 0 Å². The second kappa shape index (κ2) is 10.7. The number of esters is 1. The van der Waals surface area contributed by atoms with E-state index in [2.05, 4.69) is 36.2 Å². The standard InChI is InChI=1S/C29H40BN5O7/c1-27(2,3)40-26(38)18-10-8-9-16(23(18)39-7)11-21(33-22(36)14-35-15-32-25(34-35)24(31)37)30-41-20-13-17-12-19(28(17,4)5)29(20,6)42-30/h8-10,15,17,19-21H,11-14H2,1-7H3,(H2,31,37)(H,33,36)/t17-,19-,20+,21-,29-/m0/s1. The van der Waals surface area contributed by atoms with E-state index in [-0.39, 0.29) is 41.8 Å². The summed E-state index contributed by atoms with van der Waals surface area (Å²) >= 11 is 0. The lowest BCUT2D eigenvalue weighted by Crippen LogP contribution is -2.65. The minimum atomic E-state index is -0.783. The average molecular weight is 581 g/mol. The molecule has 12 nitrogen and oxygen atoms in total. The highest BCUT2D eigenvalue weighted by Crippen LogP contribution is 2.65. The molecule has 226 valence electrons. The van der Waals surface area contributed by atoms with Crippen molar-refractivity contribution >= 4 is 24.9 Å². The molecule has 4 aliphatic rings. The lowest BCUT2D eigenvalue weighted by atomic mass is 9.43. The van der Waals surface area contributed by atoms with E-state index in [0.717, 1.165) is 12.8 Å². The van der Waals surface area contributed by atoms with Gasteiger partial charge in [0.25, 0.3) is 5.91 Å². The number of carbonyl (C=O) groups is 3. The summed E-state index contributed by atoms with van der Waals surface area (Å²) in [6.07, 6.45) is 3.41. The molecule has 3 aliphatic carbocycles. The molecule has 4 fully saturated rings. The summed E-state index contributed by atoms with van der Waals surface area (Å²) in [5.74, 6) is -1.23. The third kappa shape index (κ3) is 5.51. The van der Waals surface area contributed by atoms with Gasteiger partial charge in [0, 0.05) is 0 Å². The molecule has 2 amide bonds. The van der Waals surface area contributed by atoms with Crippen molar-refractivity contribution in [3.63, 3.8) is 0 Å². The van der Waals surface area contributed by atoms with Crippen LogP contribution in [-0.4, -0.2) is 70.0 Å². The zero-order chi connectivity index (χ0) is 30.6. The molecule has 13 heteroatoms. The molecular formula is C29H40BN5O7. The van der Waals surface area contributed by atoms with Gasteiger partial charge >= 0.3 is 13.1 Å². The van der Waals surface area contributed by atoms with Crippen molar-refractivity contribution in [2.24, 2.45) is 23.0 Å².